The molecule has 0 fully saturated rings. The van der Waals surface area contributed by atoms with Gasteiger partial charge in [-0.25, -0.2) is 0 Å². The third kappa shape index (κ3) is 3.33. The molecule has 0 heterocycles. The van der Waals surface area contributed by atoms with Crippen LogP contribution in [0, 0.1) is 0 Å². The summed E-state index contributed by atoms with van der Waals surface area (Å²) in [6.07, 6.45) is 0.466. The number of benzene rings is 4. The molecular weight excluding hydrogens is 371 g/mol. The van der Waals surface area contributed by atoms with Crippen LogP contribution in [-0.4, -0.2) is 18.6 Å². The van der Waals surface area contributed by atoms with Gasteiger partial charge in [-0.15, -0.1) is 0 Å². The van der Waals surface area contributed by atoms with Crippen LogP contribution >= 0.6 is 6.60 Å². The van der Waals surface area contributed by atoms with E-state index in [1.165, 1.54) is 15.9 Å². The van der Waals surface area contributed by atoms with Gasteiger partial charge in [0.2, 0.25) is 0 Å². The molecule has 2 heteroatoms. The standard InChI is InChI=1S/C27H25OP/c1-29(24-16-8-3-9-17-24,25-18-10-4-11-19-25,26-20-12-5-13-21-26)22-27(28)23-14-6-2-7-15-23/h2-21H,22H2,1H3. The fourth-order valence-corrected chi connectivity index (χ4v) is 9.57. The minimum atomic E-state index is -3.04. The molecule has 0 radical (unpaired) electrons. The topological polar surface area (TPSA) is 17.1 Å². The Morgan fingerprint density at radius 3 is 1.21 bits per heavy atom. The van der Waals surface area contributed by atoms with Crippen LogP contribution in [0.2, 0.25) is 0 Å². The molecule has 4 aromatic rings. The first-order valence-corrected chi connectivity index (χ1v) is 12.8. The molecule has 0 atom stereocenters. The number of rotatable bonds is 6. The van der Waals surface area contributed by atoms with Gasteiger partial charge in [0.15, 0.2) is 0 Å². The Labute approximate surface area is 173 Å². The minimum absolute atomic E-state index is 0.183. The van der Waals surface area contributed by atoms with Gasteiger partial charge < -0.3 is 0 Å². The van der Waals surface area contributed by atoms with E-state index in [2.05, 4.69) is 79.5 Å². The van der Waals surface area contributed by atoms with Crippen LogP contribution < -0.4 is 15.9 Å². The molecular formula is C27H25OP. The number of carbonyl (C=O) groups excluding carboxylic acids is 1. The third-order valence-electron chi connectivity index (χ3n) is 6.00. The number of ketones is 1. The number of carbonyl (C=O) groups is 1. The first-order chi connectivity index (χ1) is 14.1. The van der Waals surface area contributed by atoms with Crippen molar-refractivity contribution in [3.05, 3.63) is 127 Å². The van der Waals surface area contributed by atoms with Crippen molar-refractivity contribution in [2.45, 2.75) is 0 Å². The zero-order valence-corrected chi connectivity index (χ0v) is 17.5. The first kappa shape index (κ1) is 19.3. The Bertz CT molecular complexity index is 991. The molecule has 144 valence electrons. The molecule has 1 nitrogen and oxygen atoms in total. The number of Topliss-reactive ketones (excluding diaryl/α,β-unsaturated/α-hetero) is 1. The summed E-state index contributed by atoms with van der Waals surface area (Å²) in [6, 6.07) is 41.4. The zero-order valence-electron chi connectivity index (χ0n) is 16.6. The van der Waals surface area contributed by atoms with E-state index in [1.807, 2.05) is 48.5 Å². The van der Waals surface area contributed by atoms with E-state index in [4.69, 9.17) is 0 Å². The molecule has 4 aromatic carbocycles. The van der Waals surface area contributed by atoms with Crippen molar-refractivity contribution in [2.24, 2.45) is 0 Å². The van der Waals surface area contributed by atoms with E-state index in [1.54, 1.807) is 0 Å². The fourth-order valence-electron chi connectivity index (χ4n) is 4.29. The van der Waals surface area contributed by atoms with Crippen LogP contribution in [0.25, 0.3) is 0 Å². The maximum absolute atomic E-state index is 13.6. The first-order valence-electron chi connectivity index (χ1n) is 9.88. The third-order valence-corrected chi connectivity index (χ3v) is 12.2. The Kier molecular flexibility index (Phi) is 5.18. The monoisotopic (exact) mass is 396 g/mol. The van der Waals surface area contributed by atoms with Crippen molar-refractivity contribution in [1.82, 2.24) is 0 Å². The molecule has 0 N–H and O–H groups in total. The van der Waals surface area contributed by atoms with E-state index < -0.39 is 6.60 Å². The van der Waals surface area contributed by atoms with Crippen molar-refractivity contribution >= 4 is 28.3 Å². The zero-order chi connectivity index (χ0) is 20.2. The molecule has 0 saturated heterocycles. The quantitative estimate of drug-likeness (QED) is 0.330. The van der Waals surface area contributed by atoms with Crippen LogP contribution in [0.1, 0.15) is 10.4 Å². The Morgan fingerprint density at radius 2 is 0.862 bits per heavy atom. The molecule has 4 rings (SSSR count). The summed E-state index contributed by atoms with van der Waals surface area (Å²) in [4.78, 5) is 13.6. The van der Waals surface area contributed by atoms with E-state index in [9.17, 15) is 4.79 Å². The molecule has 0 amide bonds. The molecule has 0 aliphatic heterocycles. The second kappa shape index (κ2) is 7.78. The summed E-state index contributed by atoms with van der Waals surface area (Å²) < 4.78 is 0. The average Bonchev–Trinajstić information content (AvgIpc) is 2.81. The second-order valence-electron chi connectivity index (χ2n) is 7.75. The van der Waals surface area contributed by atoms with Gasteiger partial charge in [-0.2, -0.15) is 0 Å². The van der Waals surface area contributed by atoms with E-state index in [-0.39, 0.29) is 5.78 Å². The van der Waals surface area contributed by atoms with Crippen LogP contribution in [-0.2, 0) is 0 Å². The Balaban J connectivity index is 2.03. The van der Waals surface area contributed by atoms with Crippen molar-refractivity contribution in [1.29, 1.82) is 0 Å². The van der Waals surface area contributed by atoms with Crippen LogP contribution in [0.4, 0.5) is 0 Å². The van der Waals surface area contributed by atoms with Crippen molar-refractivity contribution in [3.63, 3.8) is 0 Å². The molecule has 29 heavy (non-hydrogen) atoms. The van der Waals surface area contributed by atoms with E-state index in [0.29, 0.717) is 6.16 Å². The summed E-state index contributed by atoms with van der Waals surface area (Å²) in [7, 11) is 0. The Morgan fingerprint density at radius 1 is 0.552 bits per heavy atom. The molecule has 0 aliphatic carbocycles. The van der Waals surface area contributed by atoms with Gasteiger partial charge in [0.05, 0.1) is 0 Å². The number of hydrogen-bond acceptors (Lipinski definition) is 1. The summed E-state index contributed by atoms with van der Waals surface area (Å²) >= 11 is 0. The van der Waals surface area contributed by atoms with Gasteiger partial charge in [0, 0.05) is 0 Å². The summed E-state index contributed by atoms with van der Waals surface area (Å²) in [5.41, 5.74) is 0.770. The van der Waals surface area contributed by atoms with E-state index >= 15 is 0 Å². The summed E-state index contributed by atoms with van der Waals surface area (Å²) in [5, 5.41) is 3.71. The maximum atomic E-state index is 13.6. The normalized spacial score (nSPS) is 12.7. The summed E-state index contributed by atoms with van der Waals surface area (Å²) in [6.45, 7) is -0.696. The molecule has 0 bridgehead atoms. The molecule has 0 aliphatic rings. The SMILES string of the molecule is CP(CC(=O)c1ccccc1)(c1ccccc1)(c1ccccc1)c1ccccc1. The molecule has 0 saturated carbocycles. The van der Waals surface area contributed by atoms with Crippen molar-refractivity contribution in [3.8, 4) is 0 Å². The second-order valence-corrected chi connectivity index (χ2v) is 13.2. The predicted molar refractivity (Wildman–Crippen MR) is 127 cm³/mol. The fraction of sp³-hybridized carbons (Fsp3) is 0.0741. The van der Waals surface area contributed by atoms with Gasteiger partial charge in [0.25, 0.3) is 0 Å². The Hall–Kier alpha value is -3.02. The number of hydrogen-bond donors (Lipinski definition) is 0. The van der Waals surface area contributed by atoms with Crippen LogP contribution in [0.15, 0.2) is 121 Å². The van der Waals surface area contributed by atoms with E-state index in [0.717, 1.165) is 5.56 Å². The van der Waals surface area contributed by atoms with Crippen LogP contribution in [0.3, 0.4) is 0 Å². The summed E-state index contributed by atoms with van der Waals surface area (Å²) in [5.74, 6) is 0.183. The van der Waals surface area contributed by atoms with Crippen molar-refractivity contribution in [2.75, 3.05) is 12.8 Å². The van der Waals surface area contributed by atoms with Gasteiger partial charge in [0.1, 0.15) is 0 Å². The van der Waals surface area contributed by atoms with Crippen molar-refractivity contribution < 1.29 is 4.79 Å². The molecule has 0 spiro atoms. The van der Waals surface area contributed by atoms with Gasteiger partial charge >= 0.3 is 173 Å². The molecule has 0 unspecified atom stereocenters. The van der Waals surface area contributed by atoms with Gasteiger partial charge in [-0.05, 0) is 0 Å². The average molecular weight is 396 g/mol. The predicted octanol–water partition coefficient (Wildman–Crippen LogP) is 5.03. The van der Waals surface area contributed by atoms with Gasteiger partial charge in [-0.1, -0.05) is 0 Å². The van der Waals surface area contributed by atoms with Gasteiger partial charge in [-0.3, -0.25) is 0 Å². The van der Waals surface area contributed by atoms with Crippen LogP contribution in [0.5, 0.6) is 0 Å². The molecule has 0 aromatic heterocycles.